The third kappa shape index (κ3) is 4.54. The molecule has 0 saturated heterocycles. The molecule has 3 N–H and O–H groups in total. The average molecular weight is 285 g/mol. The minimum absolute atomic E-state index is 0.0820. The van der Waals surface area contributed by atoms with Gasteiger partial charge < -0.3 is 10.4 Å². The molecule has 6 heteroatoms. The molecule has 0 aliphatic rings. The smallest absolute Gasteiger partial charge is 0.323 e. The zero-order valence-electron chi connectivity index (χ0n) is 11.1. The summed E-state index contributed by atoms with van der Waals surface area (Å²) in [4.78, 5) is 22.6. The van der Waals surface area contributed by atoms with Gasteiger partial charge in [-0.2, -0.15) is 0 Å². The molecule has 0 fully saturated rings. The van der Waals surface area contributed by atoms with Crippen LogP contribution in [0.4, 0.5) is 5.69 Å². The first-order valence-corrected chi connectivity index (χ1v) is 6.14. The zero-order valence-corrected chi connectivity index (χ0v) is 11.8. The Balaban J connectivity index is 2.59. The first-order chi connectivity index (χ1) is 8.72. The van der Waals surface area contributed by atoms with Crippen LogP contribution in [-0.2, 0) is 9.59 Å². The van der Waals surface area contributed by atoms with Crippen molar-refractivity contribution in [2.45, 2.75) is 26.3 Å². The molecule has 0 unspecified atom stereocenters. The number of rotatable bonds is 5. The highest BCUT2D eigenvalue weighted by Crippen LogP contribution is 2.19. The summed E-state index contributed by atoms with van der Waals surface area (Å²) in [5, 5.41) is 14.9. The fourth-order valence-electron chi connectivity index (χ4n) is 1.34. The lowest BCUT2D eigenvalue weighted by atomic mass is 10.1. The Labute approximate surface area is 117 Å². The molecule has 5 nitrogen and oxygen atoms in total. The van der Waals surface area contributed by atoms with E-state index in [4.69, 9.17) is 16.7 Å². The lowest BCUT2D eigenvalue weighted by molar-refractivity contribution is -0.143. The Morgan fingerprint density at radius 3 is 2.53 bits per heavy atom. The van der Waals surface area contributed by atoms with Crippen LogP contribution in [0.1, 0.15) is 19.4 Å². The predicted octanol–water partition coefficient (Wildman–Crippen LogP) is 2.04. The number of hydrogen-bond acceptors (Lipinski definition) is 3. The third-order valence-corrected chi connectivity index (χ3v) is 2.92. The third-order valence-electron chi connectivity index (χ3n) is 2.69. The van der Waals surface area contributed by atoms with Crippen LogP contribution in [0, 0.1) is 6.92 Å². The lowest BCUT2D eigenvalue weighted by Gasteiger charge is -2.20. The van der Waals surface area contributed by atoms with E-state index >= 15 is 0 Å². The van der Waals surface area contributed by atoms with E-state index in [2.05, 4.69) is 10.6 Å². The van der Waals surface area contributed by atoms with Gasteiger partial charge in [-0.1, -0.05) is 11.6 Å². The molecule has 0 aliphatic heterocycles. The Bertz CT molecular complexity index is 501. The quantitative estimate of drug-likeness (QED) is 0.773. The minimum Gasteiger partial charge on any atom is -0.480 e. The van der Waals surface area contributed by atoms with E-state index in [1.807, 2.05) is 6.92 Å². The largest absolute Gasteiger partial charge is 0.480 e. The fourth-order valence-corrected chi connectivity index (χ4v) is 1.57. The van der Waals surface area contributed by atoms with Gasteiger partial charge in [0.1, 0.15) is 5.54 Å². The second kappa shape index (κ2) is 6.04. The van der Waals surface area contributed by atoms with E-state index in [1.165, 1.54) is 13.8 Å². The van der Waals surface area contributed by atoms with Crippen molar-refractivity contribution in [3.05, 3.63) is 28.8 Å². The van der Waals surface area contributed by atoms with Gasteiger partial charge in [-0.05, 0) is 44.5 Å². The fraction of sp³-hybridized carbons (Fsp3) is 0.385. The SMILES string of the molecule is Cc1cc(Cl)ccc1NC(=O)CNC(C)(C)C(=O)O. The minimum atomic E-state index is -1.15. The molecule has 0 radical (unpaired) electrons. The second-order valence-corrected chi connectivity index (χ2v) is 5.23. The highest BCUT2D eigenvalue weighted by Gasteiger charge is 2.26. The van der Waals surface area contributed by atoms with Gasteiger partial charge in [0.2, 0.25) is 5.91 Å². The van der Waals surface area contributed by atoms with Gasteiger partial charge in [-0.25, -0.2) is 0 Å². The van der Waals surface area contributed by atoms with Gasteiger partial charge >= 0.3 is 5.97 Å². The number of hydrogen-bond donors (Lipinski definition) is 3. The Morgan fingerprint density at radius 2 is 2.00 bits per heavy atom. The normalized spacial score (nSPS) is 11.2. The van der Waals surface area contributed by atoms with Gasteiger partial charge in [-0.15, -0.1) is 0 Å². The number of benzene rings is 1. The summed E-state index contributed by atoms with van der Waals surface area (Å²) in [5.41, 5.74) is 0.356. The molecule has 1 rings (SSSR count). The van der Waals surface area contributed by atoms with Gasteiger partial charge in [0.05, 0.1) is 6.54 Å². The topological polar surface area (TPSA) is 78.4 Å². The summed E-state index contributed by atoms with van der Waals surface area (Å²) in [6.07, 6.45) is 0. The highest BCUT2D eigenvalue weighted by molar-refractivity contribution is 6.30. The number of carbonyl (C=O) groups is 2. The van der Waals surface area contributed by atoms with Gasteiger partial charge in [0.25, 0.3) is 0 Å². The van der Waals surface area contributed by atoms with Crippen LogP contribution in [-0.4, -0.2) is 29.1 Å². The maximum atomic E-state index is 11.7. The van der Waals surface area contributed by atoms with Crippen molar-refractivity contribution in [3.63, 3.8) is 0 Å². The molecular formula is C13H17ClN2O3. The van der Waals surface area contributed by atoms with Gasteiger partial charge in [0.15, 0.2) is 0 Å². The number of carboxylic acid groups (broad SMARTS) is 1. The molecule has 0 heterocycles. The summed E-state index contributed by atoms with van der Waals surface area (Å²) >= 11 is 5.82. The molecule has 0 aromatic heterocycles. The van der Waals surface area contributed by atoms with Crippen LogP contribution >= 0.6 is 11.6 Å². The Kier molecular flexibility index (Phi) is 4.91. The second-order valence-electron chi connectivity index (χ2n) is 4.79. The van der Waals surface area contributed by atoms with Crippen LogP contribution in [0.3, 0.4) is 0 Å². The Hall–Kier alpha value is -1.59. The van der Waals surface area contributed by atoms with E-state index in [9.17, 15) is 9.59 Å². The molecular weight excluding hydrogens is 268 g/mol. The lowest BCUT2D eigenvalue weighted by Crippen LogP contribution is -2.49. The number of carbonyl (C=O) groups excluding carboxylic acids is 1. The molecule has 1 aromatic carbocycles. The van der Waals surface area contributed by atoms with Crippen molar-refractivity contribution in [3.8, 4) is 0 Å². The number of amides is 1. The molecule has 104 valence electrons. The van der Waals surface area contributed by atoms with Crippen LogP contribution in [0.25, 0.3) is 0 Å². The predicted molar refractivity (Wildman–Crippen MR) is 74.5 cm³/mol. The van der Waals surface area contributed by atoms with Crippen molar-refractivity contribution in [2.24, 2.45) is 0 Å². The monoisotopic (exact) mass is 284 g/mol. The van der Waals surface area contributed by atoms with Gasteiger partial charge in [0, 0.05) is 10.7 Å². The first kappa shape index (κ1) is 15.5. The molecule has 1 aromatic rings. The number of aryl methyl sites for hydroxylation is 1. The van der Waals surface area contributed by atoms with Crippen LogP contribution in [0.15, 0.2) is 18.2 Å². The van der Waals surface area contributed by atoms with Crippen LogP contribution in [0.2, 0.25) is 5.02 Å². The summed E-state index contributed by atoms with van der Waals surface area (Å²) in [6, 6.07) is 5.13. The molecule has 1 amide bonds. The molecule has 0 aliphatic carbocycles. The Morgan fingerprint density at radius 1 is 1.37 bits per heavy atom. The number of nitrogens with one attached hydrogen (secondary N) is 2. The zero-order chi connectivity index (χ0) is 14.6. The molecule has 19 heavy (non-hydrogen) atoms. The van der Waals surface area contributed by atoms with Crippen molar-refractivity contribution >= 4 is 29.2 Å². The maximum Gasteiger partial charge on any atom is 0.323 e. The number of carboxylic acids is 1. The van der Waals surface area contributed by atoms with Crippen molar-refractivity contribution in [2.75, 3.05) is 11.9 Å². The van der Waals surface area contributed by atoms with Crippen molar-refractivity contribution < 1.29 is 14.7 Å². The van der Waals surface area contributed by atoms with E-state index in [0.29, 0.717) is 10.7 Å². The average Bonchev–Trinajstić information content (AvgIpc) is 2.30. The summed E-state index contributed by atoms with van der Waals surface area (Å²) in [6.45, 7) is 4.74. The van der Waals surface area contributed by atoms with E-state index in [-0.39, 0.29) is 12.5 Å². The van der Waals surface area contributed by atoms with Crippen LogP contribution < -0.4 is 10.6 Å². The first-order valence-electron chi connectivity index (χ1n) is 5.77. The summed E-state index contributed by atoms with van der Waals surface area (Å²) < 4.78 is 0. The standard InChI is InChI=1S/C13H17ClN2O3/c1-8-6-9(14)4-5-10(8)16-11(17)7-15-13(2,3)12(18)19/h4-6,15H,7H2,1-3H3,(H,16,17)(H,18,19). The molecule has 0 saturated carbocycles. The maximum absolute atomic E-state index is 11.7. The van der Waals surface area contributed by atoms with E-state index < -0.39 is 11.5 Å². The number of anilines is 1. The van der Waals surface area contributed by atoms with Crippen LogP contribution in [0.5, 0.6) is 0 Å². The van der Waals surface area contributed by atoms with E-state index in [0.717, 1.165) is 5.56 Å². The molecule has 0 spiro atoms. The van der Waals surface area contributed by atoms with Crippen molar-refractivity contribution in [1.82, 2.24) is 5.32 Å². The highest BCUT2D eigenvalue weighted by atomic mass is 35.5. The van der Waals surface area contributed by atoms with Gasteiger partial charge in [-0.3, -0.25) is 14.9 Å². The van der Waals surface area contributed by atoms with E-state index in [1.54, 1.807) is 18.2 Å². The molecule has 0 atom stereocenters. The summed E-state index contributed by atoms with van der Waals surface area (Å²) in [5.74, 6) is -1.32. The van der Waals surface area contributed by atoms with Crippen molar-refractivity contribution in [1.29, 1.82) is 0 Å². The number of halogens is 1. The summed E-state index contributed by atoms with van der Waals surface area (Å²) in [7, 11) is 0. The molecule has 0 bridgehead atoms. The number of aliphatic carboxylic acids is 1.